The number of anilines is 1. The summed E-state index contributed by atoms with van der Waals surface area (Å²) in [7, 11) is 0. The Kier molecular flexibility index (Phi) is 6.33. The Morgan fingerprint density at radius 1 is 1.00 bits per heavy atom. The second kappa shape index (κ2) is 8.70. The van der Waals surface area contributed by atoms with Crippen molar-refractivity contribution in [2.75, 3.05) is 29.7 Å². The summed E-state index contributed by atoms with van der Waals surface area (Å²) in [5.41, 5.74) is 4.12. The van der Waals surface area contributed by atoms with Gasteiger partial charge in [-0.3, -0.25) is 4.79 Å². The summed E-state index contributed by atoms with van der Waals surface area (Å²) in [5, 5.41) is 0. The molecule has 2 aromatic carbocycles. The normalized spacial score (nSPS) is 15.2. The highest BCUT2D eigenvalue weighted by Crippen LogP contribution is 2.27. The topological polar surface area (TPSA) is 20.3 Å². The Morgan fingerprint density at radius 2 is 1.69 bits per heavy atom. The zero-order valence-corrected chi connectivity index (χ0v) is 15.9. The van der Waals surface area contributed by atoms with Gasteiger partial charge in [-0.15, -0.1) is 23.2 Å². The fraction of sp³-hybridized carbons (Fsp3) is 0.286. The van der Waals surface area contributed by atoms with Gasteiger partial charge in [0, 0.05) is 41.7 Å². The SMILES string of the molecule is O=C1C(=Cc2ccc(N(CCCl)CCCl)cc2)CCc2ccc(F)cc21. The number of alkyl halides is 2. The standard InChI is InChI=1S/C21H20Cl2FNO/c22-9-11-25(12-10-23)19-7-1-15(2-8-19)13-17-4-3-16-5-6-18(24)14-20(16)21(17)26/h1-2,5-8,13-14H,3-4,9-12H2. The zero-order chi connectivity index (χ0) is 18.5. The van der Waals surface area contributed by atoms with Crippen LogP contribution >= 0.6 is 23.2 Å². The van der Waals surface area contributed by atoms with E-state index in [0.29, 0.717) is 29.3 Å². The van der Waals surface area contributed by atoms with Crippen LogP contribution in [0, 0.1) is 5.82 Å². The van der Waals surface area contributed by atoms with Gasteiger partial charge in [-0.25, -0.2) is 4.39 Å². The first-order valence-corrected chi connectivity index (χ1v) is 9.70. The van der Waals surface area contributed by atoms with Gasteiger partial charge in [-0.2, -0.15) is 0 Å². The fourth-order valence-corrected chi connectivity index (χ4v) is 3.64. The Hall–Kier alpha value is -1.84. The van der Waals surface area contributed by atoms with E-state index in [0.717, 1.165) is 36.3 Å². The summed E-state index contributed by atoms with van der Waals surface area (Å²) in [6.07, 6.45) is 3.32. The van der Waals surface area contributed by atoms with Gasteiger partial charge in [0.05, 0.1) is 0 Å². The van der Waals surface area contributed by atoms with Crippen molar-refractivity contribution in [1.29, 1.82) is 0 Å². The molecule has 0 aromatic heterocycles. The minimum absolute atomic E-state index is 0.0827. The maximum atomic E-state index is 13.5. The third-order valence-electron chi connectivity index (χ3n) is 4.58. The number of rotatable bonds is 6. The van der Waals surface area contributed by atoms with Crippen molar-refractivity contribution >= 4 is 40.7 Å². The second-order valence-corrected chi connectivity index (χ2v) is 7.01. The number of nitrogens with zero attached hydrogens (tertiary/aromatic N) is 1. The number of hydrogen-bond acceptors (Lipinski definition) is 2. The van der Waals surface area contributed by atoms with E-state index in [1.807, 2.05) is 30.3 Å². The van der Waals surface area contributed by atoms with Crippen molar-refractivity contribution in [2.45, 2.75) is 12.8 Å². The van der Waals surface area contributed by atoms with Crippen LogP contribution in [0.5, 0.6) is 0 Å². The first kappa shape index (κ1) is 18.9. The van der Waals surface area contributed by atoms with Crippen molar-refractivity contribution in [2.24, 2.45) is 0 Å². The van der Waals surface area contributed by atoms with Crippen molar-refractivity contribution in [3.8, 4) is 0 Å². The Morgan fingerprint density at radius 3 is 2.35 bits per heavy atom. The van der Waals surface area contributed by atoms with E-state index in [1.54, 1.807) is 6.07 Å². The number of fused-ring (bicyclic) bond motifs is 1. The highest BCUT2D eigenvalue weighted by atomic mass is 35.5. The summed E-state index contributed by atoms with van der Waals surface area (Å²) in [5.74, 6) is 0.613. The van der Waals surface area contributed by atoms with E-state index < -0.39 is 0 Å². The molecule has 1 aliphatic carbocycles. The molecule has 3 rings (SSSR count). The van der Waals surface area contributed by atoms with Crippen LogP contribution < -0.4 is 4.90 Å². The van der Waals surface area contributed by atoms with E-state index in [2.05, 4.69) is 4.90 Å². The van der Waals surface area contributed by atoms with E-state index in [4.69, 9.17) is 23.2 Å². The van der Waals surface area contributed by atoms with Gasteiger partial charge in [-0.1, -0.05) is 18.2 Å². The molecule has 0 saturated heterocycles. The monoisotopic (exact) mass is 391 g/mol. The molecule has 5 heteroatoms. The molecule has 26 heavy (non-hydrogen) atoms. The molecule has 0 radical (unpaired) electrons. The summed E-state index contributed by atoms with van der Waals surface area (Å²) in [6.45, 7) is 1.46. The molecule has 0 N–H and O–H groups in total. The molecule has 0 spiro atoms. The average molecular weight is 392 g/mol. The highest BCUT2D eigenvalue weighted by molar-refractivity contribution is 6.18. The lowest BCUT2D eigenvalue weighted by Gasteiger charge is -2.23. The number of halogens is 3. The number of benzene rings is 2. The van der Waals surface area contributed by atoms with E-state index >= 15 is 0 Å². The van der Waals surface area contributed by atoms with Gasteiger partial charge in [0.1, 0.15) is 5.82 Å². The average Bonchev–Trinajstić information content (AvgIpc) is 2.65. The molecule has 0 bridgehead atoms. The quantitative estimate of drug-likeness (QED) is 0.490. The van der Waals surface area contributed by atoms with Crippen molar-refractivity contribution < 1.29 is 9.18 Å². The number of allylic oxidation sites excluding steroid dienone is 1. The molecule has 0 unspecified atom stereocenters. The molecule has 2 aromatic rings. The first-order chi connectivity index (χ1) is 12.6. The second-order valence-electron chi connectivity index (χ2n) is 6.26. The third-order valence-corrected chi connectivity index (χ3v) is 4.92. The Bertz CT molecular complexity index is 811. The largest absolute Gasteiger partial charge is 0.369 e. The number of carbonyl (C=O) groups is 1. The number of carbonyl (C=O) groups excluding carboxylic acids is 1. The fourth-order valence-electron chi connectivity index (χ4n) is 3.23. The van der Waals surface area contributed by atoms with Gasteiger partial charge >= 0.3 is 0 Å². The number of ketones is 1. The highest BCUT2D eigenvalue weighted by Gasteiger charge is 2.22. The molecule has 0 heterocycles. The number of aryl methyl sites for hydroxylation is 1. The minimum Gasteiger partial charge on any atom is -0.369 e. The maximum Gasteiger partial charge on any atom is 0.189 e. The summed E-state index contributed by atoms with van der Waals surface area (Å²) in [4.78, 5) is 14.8. The molecule has 136 valence electrons. The van der Waals surface area contributed by atoms with Gasteiger partial charge in [0.2, 0.25) is 0 Å². The van der Waals surface area contributed by atoms with Crippen LogP contribution in [0.15, 0.2) is 48.0 Å². The lowest BCUT2D eigenvalue weighted by atomic mass is 9.86. The summed E-state index contributed by atoms with van der Waals surface area (Å²) in [6, 6.07) is 12.4. The molecule has 0 atom stereocenters. The van der Waals surface area contributed by atoms with Gasteiger partial charge in [0.25, 0.3) is 0 Å². The maximum absolute atomic E-state index is 13.5. The van der Waals surface area contributed by atoms with Crippen LogP contribution in [-0.4, -0.2) is 30.6 Å². The third kappa shape index (κ3) is 4.28. The van der Waals surface area contributed by atoms with E-state index in [-0.39, 0.29) is 11.6 Å². The molecule has 1 aliphatic rings. The van der Waals surface area contributed by atoms with Gasteiger partial charge in [-0.05, 0) is 54.3 Å². The van der Waals surface area contributed by atoms with Crippen LogP contribution in [-0.2, 0) is 6.42 Å². The van der Waals surface area contributed by atoms with Crippen LogP contribution in [0.25, 0.3) is 6.08 Å². The lowest BCUT2D eigenvalue weighted by molar-refractivity contribution is 0.102. The van der Waals surface area contributed by atoms with Crippen molar-refractivity contribution in [1.82, 2.24) is 0 Å². The molecule has 0 aliphatic heterocycles. The molecular formula is C21H20Cl2FNO. The zero-order valence-electron chi connectivity index (χ0n) is 14.4. The van der Waals surface area contributed by atoms with Crippen LogP contribution in [0.4, 0.5) is 10.1 Å². The Balaban J connectivity index is 1.81. The first-order valence-electron chi connectivity index (χ1n) is 8.63. The Labute approximate surface area is 163 Å². The van der Waals surface area contributed by atoms with Crippen LogP contribution in [0.3, 0.4) is 0 Å². The number of Topliss-reactive ketones (excluding diaryl/α,β-unsaturated/α-hetero) is 1. The van der Waals surface area contributed by atoms with E-state index in [9.17, 15) is 9.18 Å². The van der Waals surface area contributed by atoms with Crippen molar-refractivity contribution in [3.05, 3.63) is 70.5 Å². The van der Waals surface area contributed by atoms with Crippen LogP contribution in [0.1, 0.15) is 27.9 Å². The molecule has 0 saturated carbocycles. The lowest BCUT2D eigenvalue weighted by Crippen LogP contribution is -2.27. The predicted octanol–water partition coefficient (Wildman–Crippen LogP) is 5.32. The summed E-state index contributed by atoms with van der Waals surface area (Å²) >= 11 is 11.7. The minimum atomic E-state index is -0.374. The molecular weight excluding hydrogens is 372 g/mol. The van der Waals surface area contributed by atoms with Crippen molar-refractivity contribution in [3.63, 3.8) is 0 Å². The summed E-state index contributed by atoms with van der Waals surface area (Å²) < 4.78 is 13.5. The van der Waals surface area contributed by atoms with Gasteiger partial charge in [0.15, 0.2) is 5.78 Å². The molecule has 0 amide bonds. The molecule has 0 fully saturated rings. The van der Waals surface area contributed by atoms with E-state index in [1.165, 1.54) is 12.1 Å². The smallest absolute Gasteiger partial charge is 0.189 e. The molecule has 2 nitrogen and oxygen atoms in total. The number of hydrogen-bond donors (Lipinski definition) is 0. The van der Waals surface area contributed by atoms with Crippen LogP contribution in [0.2, 0.25) is 0 Å². The van der Waals surface area contributed by atoms with Gasteiger partial charge < -0.3 is 4.90 Å². The predicted molar refractivity (Wildman–Crippen MR) is 107 cm³/mol.